The summed E-state index contributed by atoms with van der Waals surface area (Å²) in [7, 11) is 0. The standard InChI is InChI=1S/C16H11ClF3N3O2S/c17-13-7-21-6-5-10(13)8-22-9-14(24)23(15(22)25)11-1-3-12(4-2-11)26-16(18,19)20/h1-7,9,24H,8H2. The van der Waals surface area contributed by atoms with Crippen LogP contribution in [0.25, 0.3) is 5.69 Å². The number of halogens is 4. The summed E-state index contributed by atoms with van der Waals surface area (Å²) in [6.45, 7) is 0.114. The van der Waals surface area contributed by atoms with Crippen LogP contribution in [0.3, 0.4) is 0 Å². The number of alkyl halides is 3. The molecule has 1 N–H and O–H groups in total. The van der Waals surface area contributed by atoms with Crippen molar-refractivity contribution in [3.63, 3.8) is 0 Å². The summed E-state index contributed by atoms with van der Waals surface area (Å²) >= 11 is 5.76. The molecule has 0 aliphatic heterocycles. The molecule has 0 aliphatic rings. The first kappa shape index (κ1) is 18.4. The Balaban J connectivity index is 1.91. The normalized spacial score (nSPS) is 11.7. The maximum atomic E-state index is 12.5. The summed E-state index contributed by atoms with van der Waals surface area (Å²) in [4.78, 5) is 16.4. The second-order valence-electron chi connectivity index (χ2n) is 5.24. The van der Waals surface area contributed by atoms with Crippen LogP contribution in [0.15, 0.2) is 58.6 Å². The van der Waals surface area contributed by atoms with Gasteiger partial charge in [-0.1, -0.05) is 11.6 Å². The van der Waals surface area contributed by atoms with Crippen molar-refractivity contribution in [3.8, 4) is 11.6 Å². The lowest BCUT2D eigenvalue weighted by Crippen LogP contribution is -2.23. The molecular formula is C16H11ClF3N3O2S. The molecule has 0 aliphatic carbocycles. The van der Waals surface area contributed by atoms with Crippen molar-refractivity contribution < 1.29 is 18.3 Å². The first-order valence-electron chi connectivity index (χ1n) is 7.20. The van der Waals surface area contributed by atoms with Crippen molar-refractivity contribution in [1.29, 1.82) is 0 Å². The van der Waals surface area contributed by atoms with Crippen LogP contribution in [0.5, 0.6) is 5.88 Å². The molecule has 3 rings (SSSR count). The summed E-state index contributed by atoms with van der Waals surface area (Å²) in [6.07, 6.45) is 4.20. The first-order valence-corrected chi connectivity index (χ1v) is 8.40. The number of thioether (sulfide) groups is 1. The fourth-order valence-corrected chi connectivity index (χ4v) is 3.07. The predicted molar refractivity (Wildman–Crippen MR) is 92.0 cm³/mol. The second kappa shape index (κ2) is 7.08. The van der Waals surface area contributed by atoms with E-state index in [-0.39, 0.29) is 34.8 Å². The second-order valence-corrected chi connectivity index (χ2v) is 6.79. The van der Waals surface area contributed by atoms with Gasteiger partial charge in [-0.15, -0.1) is 0 Å². The van der Waals surface area contributed by atoms with E-state index in [1.165, 1.54) is 47.4 Å². The summed E-state index contributed by atoms with van der Waals surface area (Å²) < 4.78 is 39.4. The van der Waals surface area contributed by atoms with Crippen LogP contribution in [0.2, 0.25) is 5.02 Å². The molecule has 0 saturated heterocycles. The minimum absolute atomic E-state index is 0.0169. The number of pyridine rings is 1. The largest absolute Gasteiger partial charge is 0.493 e. The van der Waals surface area contributed by atoms with Crippen LogP contribution in [0.1, 0.15) is 5.56 Å². The number of aromatic nitrogens is 3. The van der Waals surface area contributed by atoms with Crippen LogP contribution in [-0.4, -0.2) is 24.7 Å². The highest BCUT2D eigenvalue weighted by Gasteiger charge is 2.29. The zero-order valence-corrected chi connectivity index (χ0v) is 14.5. The zero-order valence-electron chi connectivity index (χ0n) is 12.9. The molecule has 0 atom stereocenters. The summed E-state index contributed by atoms with van der Waals surface area (Å²) in [5.74, 6) is -0.337. The zero-order chi connectivity index (χ0) is 18.9. The highest BCUT2D eigenvalue weighted by atomic mass is 35.5. The molecule has 10 heteroatoms. The Kier molecular flexibility index (Phi) is 5.01. The van der Waals surface area contributed by atoms with Crippen LogP contribution < -0.4 is 5.69 Å². The number of hydrogen-bond acceptors (Lipinski definition) is 4. The number of nitrogens with zero attached hydrogens (tertiary/aromatic N) is 3. The van der Waals surface area contributed by atoms with Gasteiger partial charge in [-0.3, -0.25) is 9.55 Å². The fraction of sp³-hybridized carbons (Fsp3) is 0.125. The Morgan fingerprint density at radius 1 is 1.19 bits per heavy atom. The average Bonchev–Trinajstić information content (AvgIpc) is 2.83. The van der Waals surface area contributed by atoms with E-state index < -0.39 is 11.2 Å². The third-order valence-corrected chi connectivity index (χ3v) is 4.54. The van der Waals surface area contributed by atoms with E-state index >= 15 is 0 Å². The van der Waals surface area contributed by atoms with E-state index in [2.05, 4.69) is 4.98 Å². The monoisotopic (exact) mass is 401 g/mol. The van der Waals surface area contributed by atoms with E-state index in [4.69, 9.17) is 11.6 Å². The summed E-state index contributed by atoms with van der Waals surface area (Å²) in [5.41, 5.74) is -4.06. The molecule has 3 aromatic rings. The van der Waals surface area contributed by atoms with Crippen molar-refractivity contribution in [2.45, 2.75) is 16.9 Å². The highest BCUT2D eigenvalue weighted by Crippen LogP contribution is 2.37. The van der Waals surface area contributed by atoms with Gasteiger partial charge in [0.15, 0.2) is 0 Å². The van der Waals surface area contributed by atoms with E-state index in [9.17, 15) is 23.1 Å². The maximum absolute atomic E-state index is 12.5. The van der Waals surface area contributed by atoms with Gasteiger partial charge in [0.25, 0.3) is 0 Å². The number of hydrogen-bond donors (Lipinski definition) is 1. The van der Waals surface area contributed by atoms with Gasteiger partial charge in [-0.25, -0.2) is 9.36 Å². The third kappa shape index (κ3) is 4.05. The Hall–Kier alpha value is -2.39. The van der Waals surface area contributed by atoms with Crippen molar-refractivity contribution in [3.05, 3.63) is 70.0 Å². The van der Waals surface area contributed by atoms with E-state index in [1.807, 2.05) is 0 Å². The molecule has 0 bridgehead atoms. The number of aromatic hydroxyl groups is 1. The maximum Gasteiger partial charge on any atom is 0.446 e. The lowest BCUT2D eigenvalue weighted by atomic mass is 10.3. The van der Waals surface area contributed by atoms with Crippen LogP contribution in [0, 0.1) is 0 Å². The number of rotatable bonds is 4. The quantitative estimate of drug-likeness (QED) is 0.670. The lowest BCUT2D eigenvalue weighted by Gasteiger charge is -2.07. The van der Waals surface area contributed by atoms with E-state index in [1.54, 1.807) is 6.07 Å². The highest BCUT2D eigenvalue weighted by molar-refractivity contribution is 8.00. The molecule has 26 heavy (non-hydrogen) atoms. The van der Waals surface area contributed by atoms with Crippen LogP contribution >= 0.6 is 23.4 Å². The third-order valence-electron chi connectivity index (χ3n) is 3.46. The number of imidazole rings is 1. The van der Waals surface area contributed by atoms with Gasteiger partial charge in [-0.05, 0) is 47.7 Å². The average molecular weight is 402 g/mol. The van der Waals surface area contributed by atoms with Gasteiger partial charge in [0.05, 0.1) is 23.5 Å². The fourth-order valence-electron chi connectivity index (χ4n) is 2.35. The van der Waals surface area contributed by atoms with E-state index in [0.29, 0.717) is 10.6 Å². The molecule has 0 radical (unpaired) electrons. The smallest absolute Gasteiger partial charge is 0.446 e. The Morgan fingerprint density at radius 2 is 1.88 bits per heavy atom. The molecule has 2 heterocycles. The molecule has 0 fully saturated rings. The van der Waals surface area contributed by atoms with Gasteiger partial charge in [-0.2, -0.15) is 13.2 Å². The van der Waals surface area contributed by atoms with Crippen molar-refractivity contribution in [1.82, 2.24) is 14.1 Å². The van der Waals surface area contributed by atoms with Crippen LogP contribution in [-0.2, 0) is 6.54 Å². The van der Waals surface area contributed by atoms with Gasteiger partial charge in [0, 0.05) is 17.3 Å². The van der Waals surface area contributed by atoms with Gasteiger partial charge < -0.3 is 5.11 Å². The number of benzene rings is 1. The molecule has 136 valence electrons. The summed E-state index contributed by atoms with van der Waals surface area (Å²) in [5, 5.41) is 10.5. The summed E-state index contributed by atoms with van der Waals surface area (Å²) in [6, 6.07) is 6.77. The molecule has 5 nitrogen and oxygen atoms in total. The Morgan fingerprint density at radius 3 is 2.50 bits per heavy atom. The molecule has 1 aromatic carbocycles. The topological polar surface area (TPSA) is 60.1 Å². The van der Waals surface area contributed by atoms with Crippen molar-refractivity contribution in [2.24, 2.45) is 0 Å². The molecule has 0 spiro atoms. The Bertz CT molecular complexity index is 984. The van der Waals surface area contributed by atoms with Crippen molar-refractivity contribution >= 4 is 23.4 Å². The molecule has 2 aromatic heterocycles. The molecule has 0 unspecified atom stereocenters. The first-order chi connectivity index (χ1) is 12.2. The van der Waals surface area contributed by atoms with Crippen LogP contribution in [0.4, 0.5) is 13.2 Å². The molecular weight excluding hydrogens is 391 g/mol. The van der Waals surface area contributed by atoms with E-state index in [0.717, 1.165) is 4.57 Å². The lowest BCUT2D eigenvalue weighted by molar-refractivity contribution is -0.0328. The van der Waals surface area contributed by atoms with Gasteiger partial charge in [0.2, 0.25) is 5.88 Å². The molecule has 0 saturated carbocycles. The van der Waals surface area contributed by atoms with Gasteiger partial charge >= 0.3 is 11.2 Å². The minimum atomic E-state index is -4.40. The minimum Gasteiger partial charge on any atom is -0.493 e. The van der Waals surface area contributed by atoms with Gasteiger partial charge in [0.1, 0.15) is 0 Å². The molecule has 0 amide bonds. The predicted octanol–water partition coefficient (Wildman–Crippen LogP) is 4.05. The SMILES string of the molecule is O=c1n(Cc2ccncc2Cl)cc(O)n1-c1ccc(SC(F)(F)F)cc1. The van der Waals surface area contributed by atoms with Crippen molar-refractivity contribution in [2.75, 3.05) is 0 Å². The Labute approximate surface area is 154 Å².